The number of aryl methyl sites for hydroxylation is 1. The number of fused-ring (bicyclic) bond motifs is 2. The largest absolute Gasteiger partial charge is 1.00 e. The zero-order valence-corrected chi connectivity index (χ0v) is 51.8. The first-order valence-electron chi connectivity index (χ1n) is 21.8. The number of carbonyl (C=O) groups is 1. The zero-order chi connectivity index (χ0) is 56.6. The van der Waals surface area contributed by atoms with Crippen LogP contribution < -0.4 is 124 Å². The molecule has 0 atom stereocenters. The second kappa shape index (κ2) is 26.2. The van der Waals surface area contributed by atoms with Crippen molar-refractivity contribution in [2.24, 2.45) is 40.9 Å². The quantitative estimate of drug-likeness (QED) is 0.0388. The number of ether oxygens (including phenoxy) is 3. The monoisotopic (exact) mass is 1190 g/mol. The van der Waals surface area contributed by atoms with E-state index in [4.69, 9.17) is 19.9 Å². The molecule has 0 unspecified atom stereocenters. The van der Waals surface area contributed by atoms with E-state index in [1.165, 1.54) is 88.1 Å². The third kappa shape index (κ3) is 14.2. The number of nitrogens with two attached hydrogens (primary N) is 1. The Morgan fingerprint density at radius 2 is 1.09 bits per heavy atom. The summed E-state index contributed by atoms with van der Waals surface area (Å²) < 4.78 is 121. The molecule has 400 valence electrons. The number of benzene rings is 8. The van der Waals surface area contributed by atoms with Gasteiger partial charge in [-0.25, -0.2) is 4.79 Å². The molecular weight excluding hydrogens is 1150 g/mol. The molecular formula is C49H36N9Na3O17S3. The van der Waals surface area contributed by atoms with Crippen molar-refractivity contribution in [2.45, 2.75) is 21.6 Å². The summed E-state index contributed by atoms with van der Waals surface area (Å²) in [5.41, 5.74) is 5.28. The van der Waals surface area contributed by atoms with E-state index in [0.717, 1.165) is 42.5 Å². The zero-order valence-electron chi connectivity index (χ0n) is 43.4. The normalized spacial score (nSPS) is 12.0. The average Bonchev–Trinajstić information content (AvgIpc) is 3.39. The standard InChI is InChI=1S/C49H39N9O17S3.3Na/c1-23-15-38(41(75-4)22-37(23)54-51-26-6-14-39(59)33(19-26)49(62)63)55-56-44-32-21-43(78(70,71)72)46(48(61)30(32)10-11-34(44)50)57-52-35-13-7-27(73-2)20-31(35)24-5-12-36(40(17-24)74-3)53-58-45-42(77(67,68)69)18-25-16-28(76(64,65)66)8-9-29(25)47(45)60;;;/h5-22,59-61H,50H2,1-4H3,(H,62,63)(H,64,65,66)(H,67,68,69)(H,70,71,72);;;/q;3*+1/p-3. The van der Waals surface area contributed by atoms with Gasteiger partial charge in [0.25, 0.3) is 30.4 Å². The third-order valence-corrected chi connectivity index (χ3v) is 14.1. The smallest absolute Gasteiger partial charge is 0.872 e. The minimum Gasteiger partial charge on any atom is -0.872 e. The van der Waals surface area contributed by atoms with Crippen LogP contribution in [-0.2, 0) is 30.4 Å². The Balaban J connectivity index is 0.00000401. The molecule has 0 heterocycles. The molecule has 0 saturated carbocycles. The Labute approximate surface area is 526 Å². The number of nitrogens with zero attached hydrogens (tertiary/aromatic N) is 8. The molecule has 0 saturated heterocycles. The molecule has 0 aromatic heterocycles. The summed E-state index contributed by atoms with van der Waals surface area (Å²) in [6, 6.07) is 22.0. The van der Waals surface area contributed by atoms with E-state index < -0.39 is 85.2 Å². The van der Waals surface area contributed by atoms with Gasteiger partial charge in [0.2, 0.25) is 0 Å². The van der Waals surface area contributed by atoms with Crippen LogP contribution in [0.15, 0.2) is 165 Å². The fraction of sp³-hybridized carbons (Fsp3) is 0.0816. The van der Waals surface area contributed by atoms with Crippen LogP contribution in [0.2, 0.25) is 0 Å². The van der Waals surface area contributed by atoms with Gasteiger partial charge >= 0.3 is 94.6 Å². The van der Waals surface area contributed by atoms with Gasteiger partial charge in [-0.3, -0.25) is 13.7 Å². The summed E-state index contributed by atoms with van der Waals surface area (Å²) in [6.07, 6.45) is 0. The van der Waals surface area contributed by atoms with Crippen LogP contribution in [0.4, 0.5) is 51.2 Å². The van der Waals surface area contributed by atoms with Gasteiger partial charge in [0, 0.05) is 17.0 Å². The molecule has 6 N–H and O–H groups in total. The summed E-state index contributed by atoms with van der Waals surface area (Å²) in [7, 11) is -11.3. The van der Waals surface area contributed by atoms with Crippen molar-refractivity contribution in [1.82, 2.24) is 0 Å². The maximum absolute atomic E-state index is 14.2. The number of anilines is 1. The van der Waals surface area contributed by atoms with Crippen LogP contribution in [0, 0.1) is 6.92 Å². The fourth-order valence-corrected chi connectivity index (χ4v) is 9.46. The Hall–Kier alpha value is -6.52. The number of hydrogen-bond donors (Lipinski definition) is 5. The van der Waals surface area contributed by atoms with Crippen LogP contribution >= 0.6 is 0 Å². The van der Waals surface area contributed by atoms with E-state index in [9.17, 15) is 64.1 Å². The van der Waals surface area contributed by atoms with Crippen molar-refractivity contribution in [2.75, 3.05) is 27.1 Å². The fourth-order valence-electron chi connectivity index (χ4n) is 7.65. The molecule has 0 spiro atoms. The first kappa shape index (κ1) is 65.3. The van der Waals surface area contributed by atoms with Gasteiger partial charge in [-0.1, -0.05) is 41.5 Å². The minimum absolute atomic E-state index is 0. The van der Waals surface area contributed by atoms with Crippen molar-refractivity contribution < 1.29 is 167 Å². The van der Waals surface area contributed by atoms with E-state index in [2.05, 4.69) is 40.9 Å². The number of aromatic carboxylic acids is 1. The molecule has 0 radical (unpaired) electrons. The van der Waals surface area contributed by atoms with Gasteiger partial charge in [0.15, 0.2) is 0 Å². The second-order valence-corrected chi connectivity index (χ2v) is 20.6. The summed E-state index contributed by atoms with van der Waals surface area (Å²) in [4.78, 5) is 8.77. The molecule has 0 aliphatic carbocycles. The average molecular weight is 1190 g/mol. The van der Waals surface area contributed by atoms with Gasteiger partial charge in [-0.05, 0) is 113 Å². The summed E-state index contributed by atoms with van der Waals surface area (Å²) in [5, 5.41) is 80.9. The van der Waals surface area contributed by atoms with Crippen LogP contribution in [-0.4, -0.2) is 71.3 Å². The van der Waals surface area contributed by atoms with Crippen molar-refractivity contribution >= 4 is 109 Å². The van der Waals surface area contributed by atoms with Crippen molar-refractivity contribution in [3.63, 3.8) is 0 Å². The molecule has 26 nitrogen and oxygen atoms in total. The van der Waals surface area contributed by atoms with E-state index in [1.807, 2.05) is 0 Å². The van der Waals surface area contributed by atoms with E-state index in [-0.39, 0.29) is 173 Å². The molecule has 0 fully saturated rings. The maximum atomic E-state index is 14.2. The van der Waals surface area contributed by atoms with E-state index in [0.29, 0.717) is 11.1 Å². The number of carboxylic acid groups (broad SMARTS) is 1. The summed E-state index contributed by atoms with van der Waals surface area (Å²) in [5.74, 6) is -3.87. The Bertz CT molecular complexity index is 4320. The van der Waals surface area contributed by atoms with Gasteiger partial charge in [-0.2, -0.15) is 35.5 Å². The topological polar surface area (TPSA) is 422 Å². The molecule has 8 rings (SSSR count). The van der Waals surface area contributed by atoms with Gasteiger partial charge in [0.05, 0.1) is 65.9 Å². The number of rotatable bonds is 16. The number of nitrogen functional groups attached to an aromatic ring is 1. The van der Waals surface area contributed by atoms with Crippen molar-refractivity contribution in [3.05, 3.63) is 120 Å². The Morgan fingerprint density at radius 1 is 0.519 bits per heavy atom. The SMILES string of the molecule is COc1ccc(N=Nc2c(S(=O)(=O)O)cc3c(N=Nc4cc(C)c(N=Nc5ccc([O-])c(C(=O)O)c5)cc4OC)c(N)ccc3c2[O-])c(-c2ccc(N=Nc3c(S(=O)(=O)O)cc4cc(S(=O)(=O)O)ccc4c3[O-])c(OC)c2)c1.[Na+].[Na+].[Na+]. The van der Waals surface area contributed by atoms with Crippen molar-refractivity contribution in [1.29, 1.82) is 0 Å². The Kier molecular flexibility index (Phi) is 21.1. The van der Waals surface area contributed by atoms with Crippen LogP contribution in [0.5, 0.6) is 34.5 Å². The third-order valence-electron chi connectivity index (χ3n) is 11.5. The second-order valence-electron chi connectivity index (χ2n) is 16.4. The molecule has 8 aromatic carbocycles. The predicted octanol–water partition coefficient (Wildman–Crippen LogP) is 0.909. The van der Waals surface area contributed by atoms with E-state index in [1.54, 1.807) is 6.92 Å². The van der Waals surface area contributed by atoms with Crippen LogP contribution in [0.3, 0.4) is 0 Å². The van der Waals surface area contributed by atoms with Crippen LogP contribution in [0.1, 0.15) is 15.9 Å². The van der Waals surface area contributed by atoms with Gasteiger partial charge < -0.3 is 40.4 Å². The predicted molar refractivity (Wildman–Crippen MR) is 273 cm³/mol. The molecule has 32 heteroatoms. The first-order valence-corrected chi connectivity index (χ1v) is 26.2. The molecule has 0 aliphatic rings. The Morgan fingerprint density at radius 3 is 1.70 bits per heavy atom. The molecule has 8 aromatic rings. The first-order chi connectivity index (χ1) is 36.8. The van der Waals surface area contributed by atoms with Crippen LogP contribution in [0.25, 0.3) is 32.7 Å². The minimum atomic E-state index is -5.25. The van der Waals surface area contributed by atoms with E-state index >= 15 is 0 Å². The summed E-state index contributed by atoms with van der Waals surface area (Å²) in [6.45, 7) is 1.64. The van der Waals surface area contributed by atoms with Crippen molar-refractivity contribution in [3.8, 4) is 45.6 Å². The summed E-state index contributed by atoms with van der Waals surface area (Å²) >= 11 is 0. The number of methoxy groups -OCH3 is 3. The molecule has 0 amide bonds. The molecule has 81 heavy (non-hydrogen) atoms. The number of carboxylic acids is 1. The van der Waals surface area contributed by atoms with Gasteiger partial charge in [-0.15, -0.1) is 30.7 Å². The molecule has 0 aliphatic heterocycles. The molecule has 0 bridgehead atoms. The number of azo groups is 4. The maximum Gasteiger partial charge on any atom is 1.00 e. The van der Waals surface area contributed by atoms with Gasteiger partial charge in [0.1, 0.15) is 44.1 Å². The number of hydrogen-bond acceptors (Lipinski definition) is 22.